The van der Waals surface area contributed by atoms with Gasteiger partial charge in [-0.1, -0.05) is 41.4 Å². The summed E-state index contributed by atoms with van der Waals surface area (Å²) in [4.78, 5) is 23.6. The lowest BCUT2D eigenvalue weighted by Crippen LogP contribution is -2.36. The van der Waals surface area contributed by atoms with Gasteiger partial charge in [0.15, 0.2) is 0 Å². The molecule has 1 atom stereocenters. The number of nitrogens with zero attached hydrogens (tertiary/aromatic N) is 3. The Morgan fingerprint density at radius 2 is 1.94 bits per heavy atom. The quantitative estimate of drug-likeness (QED) is 0.564. The minimum absolute atomic E-state index is 0.126. The van der Waals surface area contributed by atoms with Crippen molar-refractivity contribution in [2.75, 3.05) is 13.1 Å². The lowest BCUT2D eigenvalue weighted by molar-refractivity contribution is -0.130. The van der Waals surface area contributed by atoms with Crippen LogP contribution < -0.4 is 0 Å². The molecule has 0 radical (unpaired) electrons. The Balaban J connectivity index is 1.43. The molecule has 1 amide bonds. The van der Waals surface area contributed by atoms with Gasteiger partial charge in [0.1, 0.15) is 0 Å². The summed E-state index contributed by atoms with van der Waals surface area (Å²) in [7, 11) is 0. The highest BCUT2D eigenvalue weighted by Crippen LogP contribution is 2.40. The van der Waals surface area contributed by atoms with Gasteiger partial charge in [0.05, 0.1) is 12.1 Å². The van der Waals surface area contributed by atoms with Crippen LogP contribution in [0.2, 0.25) is 5.02 Å². The van der Waals surface area contributed by atoms with Crippen molar-refractivity contribution < 1.29 is 4.79 Å². The first-order valence-electron chi connectivity index (χ1n) is 10.8. The van der Waals surface area contributed by atoms with Crippen molar-refractivity contribution in [3.8, 4) is 0 Å². The SMILES string of the molecule is O=C(Cc1cccnc1)N1CC=C(C2c3ccc(Cl)cc3CCc3cccnc32)CC1. The molecular weight excluding hydrogens is 406 g/mol. The van der Waals surface area contributed by atoms with E-state index in [0.717, 1.165) is 42.1 Å². The van der Waals surface area contributed by atoms with E-state index in [9.17, 15) is 4.79 Å². The maximum Gasteiger partial charge on any atom is 0.227 e. The summed E-state index contributed by atoms with van der Waals surface area (Å²) >= 11 is 6.32. The van der Waals surface area contributed by atoms with Crippen LogP contribution in [0.4, 0.5) is 0 Å². The molecule has 2 aliphatic rings. The number of carbonyl (C=O) groups is 1. The van der Waals surface area contributed by atoms with Gasteiger partial charge in [-0.15, -0.1) is 0 Å². The number of pyridine rings is 2. The summed E-state index contributed by atoms with van der Waals surface area (Å²) in [6.07, 6.45) is 10.8. The zero-order chi connectivity index (χ0) is 21.2. The number of fused-ring (bicyclic) bond motifs is 2. The van der Waals surface area contributed by atoms with Crippen molar-refractivity contribution in [1.82, 2.24) is 14.9 Å². The van der Waals surface area contributed by atoms with Crippen LogP contribution in [0.1, 0.15) is 40.3 Å². The topological polar surface area (TPSA) is 46.1 Å². The molecule has 1 unspecified atom stereocenters. The highest BCUT2D eigenvalue weighted by molar-refractivity contribution is 6.30. The number of aryl methyl sites for hydroxylation is 2. The smallest absolute Gasteiger partial charge is 0.227 e. The number of aromatic nitrogens is 2. The summed E-state index contributed by atoms with van der Waals surface area (Å²) in [5.74, 6) is 0.274. The Bertz CT molecular complexity index is 1140. The van der Waals surface area contributed by atoms with Crippen molar-refractivity contribution in [1.29, 1.82) is 0 Å². The van der Waals surface area contributed by atoms with Crippen LogP contribution in [-0.2, 0) is 24.1 Å². The Morgan fingerprint density at radius 1 is 1.06 bits per heavy atom. The molecule has 0 N–H and O–H groups in total. The molecule has 1 aliphatic heterocycles. The van der Waals surface area contributed by atoms with Gasteiger partial charge in [-0.3, -0.25) is 14.8 Å². The molecule has 31 heavy (non-hydrogen) atoms. The largest absolute Gasteiger partial charge is 0.338 e. The van der Waals surface area contributed by atoms with Crippen molar-refractivity contribution in [3.63, 3.8) is 0 Å². The molecular formula is C26H24ClN3O. The van der Waals surface area contributed by atoms with E-state index < -0.39 is 0 Å². The second-order valence-corrected chi connectivity index (χ2v) is 8.67. The predicted octanol–water partition coefficient (Wildman–Crippen LogP) is 4.76. The summed E-state index contributed by atoms with van der Waals surface area (Å²) < 4.78 is 0. The number of benzene rings is 1. The molecule has 5 rings (SSSR count). The van der Waals surface area contributed by atoms with Gasteiger partial charge < -0.3 is 4.90 Å². The normalized spacial score (nSPS) is 17.9. The molecule has 0 bridgehead atoms. The molecule has 2 aromatic heterocycles. The highest BCUT2D eigenvalue weighted by atomic mass is 35.5. The number of amides is 1. The third-order valence-corrected chi connectivity index (χ3v) is 6.56. The van der Waals surface area contributed by atoms with E-state index in [4.69, 9.17) is 16.6 Å². The summed E-state index contributed by atoms with van der Waals surface area (Å²) in [5.41, 5.74) is 7.33. The number of carbonyl (C=O) groups excluding carboxylic acids is 1. The van der Waals surface area contributed by atoms with E-state index in [1.54, 1.807) is 12.4 Å². The van der Waals surface area contributed by atoms with Crippen molar-refractivity contribution in [3.05, 3.63) is 106 Å². The molecule has 1 aromatic carbocycles. The molecule has 0 fully saturated rings. The van der Waals surface area contributed by atoms with Gasteiger partial charge in [0.25, 0.3) is 0 Å². The lowest BCUT2D eigenvalue weighted by Gasteiger charge is -2.31. The Labute approximate surface area is 187 Å². The van der Waals surface area contributed by atoms with E-state index in [-0.39, 0.29) is 11.8 Å². The van der Waals surface area contributed by atoms with Gasteiger partial charge in [0, 0.05) is 42.6 Å². The lowest BCUT2D eigenvalue weighted by atomic mass is 9.82. The first-order valence-corrected chi connectivity index (χ1v) is 11.1. The van der Waals surface area contributed by atoms with Gasteiger partial charge in [-0.25, -0.2) is 0 Å². The first kappa shape index (κ1) is 20.0. The van der Waals surface area contributed by atoms with Crippen LogP contribution in [0.5, 0.6) is 0 Å². The Kier molecular flexibility index (Phi) is 5.56. The average Bonchev–Trinajstić information content (AvgIpc) is 2.96. The first-order chi connectivity index (χ1) is 15.2. The summed E-state index contributed by atoms with van der Waals surface area (Å²) in [6, 6.07) is 14.3. The standard InChI is InChI=1S/C26H24ClN3O/c27-22-7-8-23-21(16-22)6-5-20-4-2-12-29-26(20)25(23)19-9-13-30(14-10-19)24(31)15-18-3-1-11-28-17-18/h1-4,7-9,11-12,16-17,25H,5-6,10,13-15H2. The second kappa shape index (κ2) is 8.64. The molecule has 3 heterocycles. The van der Waals surface area contributed by atoms with Gasteiger partial charge in [0.2, 0.25) is 5.91 Å². The minimum atomic E-state index is 0.126. The fourth-order valence-electron chi connectivity index (χ4n) is 4.75. The van der Waals surface area contributed by atoms with Crippen LogP contribution in [0.15, 0.2) is 72.7 Å². The predicted molar refractivity (Wildman–Crippen MR) is 122 cm³/mol. The van der Waals surface area contributed by atoms with Crippen LogP contribution in [0.25, 0.3) is 0 Å². The third-order valence-electron chi connectivity index (χ3n) is 6.33. The van der Waals surface area contributed by atoms with Crippen LogP contribution >= 0.6 is 11.6 Å². The van der Waals surface area contributed by atoms with Crippen molar-refractivity contribution in [2.24, 2.45) is 0 Å². The minimum Gasteiger partial charge on any atom is -0.338 e. The monoisotopic (exact) mass is 429 g/mol. The molecule has 156 valence electrons. The van der Waals surface area contributed by atoms with Crippen LogP contribution in [0.3, 0.4) is 0 Å². The van der Waals surface area contributed by atoms with Crippen molar-refractivity contribution in [2.45, 2.75) is 31.6 Å². The number of rotatable bonds is 3. The molecule has 1 aliphatic carbocycles. The Hall–Kier alpha value is -2.98. The van der Waals surface area contributed by atoms with Crippen LogP contribution in [0, 0.1) is 0 Å². The summed E-state index contributed by atoms with van der Waals surface area (Å²) in [5, 5.41) is 0.779. The molecule has 3 aromatic rings. The van der Waals surface area contributed by atoms with E-state index in [1.807, 2.05) is 35.4 Å². The maximum atomic E-state index is 12.8. The third kappa shape index (κ3) is 4.13. The highest BCUT2D eigenvalue weighted by Gasteiger charge is 2.30. The maximum absolute atomic E-state index is 12.8. The number of hydrogen-bond donors (Lipinski definition) is 0. The zero-order valence-corrected chi connectivity index (χ0v) is 18.1. The van der Waals surface area contributed by atoms with Gasteiger partial charge in [-0.2, -0.15) is 0 Å². The zero-order valence-electron chi connectivity index (χ0n) is 17.3. The Morgan fingerprint density at radius 3 is 2.74 bits per heavy atom. The molecule has 4 nitrogen and oxygen atoms in total. The number of halogens is 1. The fraction of sp³-hybridized carbons (Fsp3) is 0.269. The van der Waals surface area contributed by atoms with E-state index in [0.29, 0.717) is 13.0 Å². The van der Waals surface area contributed by atoms with E-state index >= 15 is 0 Å². The molecule has 0 saturated carbocycles. The molecule has 5 heteroatoms. The van der Waals surface area contributed by atoms with Gasteiger partial charge in [-0.05, 0) is 65.8 Å². The fourth-order valence-corrected chi connectivity index (χ4v) is 4.94. The average molecular weight is 430 g/mol. The van der Waals surface area contributed by atoms with Crippen LogP contribution in [-0.4, -0.2) is 33.9 Å². The number of hydrogen-bond acceptors (Lipinski definition) is 3. The van der Waals surface area contributed by atoms with Crippen molar-refractivity contribution >= 4 is 17.5 Å². The van der Waals surface area contributed by atoms with Gasteiger partial charge >= 0.3 is 0 Å². The molecule has 0 spiro atoms. The van der Waals surface area contributed by atoms with E-state index in [1.165, 1.54) is 22.3 Å². The second-order valence-electron chi connectivity index (χ2n) is 8.23. The molecule has 0 saturated heterocycles. The van der Waals surface area contributed by atoms with E-state index in [2.05, 4.69) is 29.3 Å². The summed E-state index contributed by atoms with van der Waals surface area (Å²) in [6.45, 7) is 1.36.